The van der Waals surface area contributed by atoms with E-state index in [0.29, 0.717) is 0 Å². The van der Waals surface area contributed by atoms with Crippen molar-refractivity contribution in [3.63, 3.8) is 0 Å². The zero-order chi connectivity index (χ0) is 9.78. The molecule has 5 heteroatoms. The fourth-order valence-corrected chi connectivity index (χ4v) is 1.21. The number of hydrogen-bond donors (Lipinski definition) is 1. The smallest absolute Gasteiger partial charge is 0.303 e. The lowest BCUT2D eigenvalue weighted by Crippen LogP contribution is -2.20. The summed E-state index contributed by atoms with van der Waals surface area (Å²) in [6.07, 6.45) is 1.55. The predicted molar refractivity (Wildman–Crippen MR) is 46.1 cm³/mol. The van der Waals surface area contributed by atoms with Gasteiger partial charge in [0.05, 0.1) is 6.26 Å². The maximum Gasteiger partial charge on any atom is 0.303 e. The summed E-state index contributed by atoms with van der Waals surface area (Å²) in [7, 11) is -4.08. The first-order valence-corrected chi connectivity index (χ1v) is 5.13. The Hall–Kier alpha value is -0.550. The minimum atomic E-state index is -4.08. The Morgan fingerprint density at radius 3 is 2.33 bits per heavy atom. The SMILES string of the molecule is CCC(OC=C(C)C)S(=O)(=O)O. The molecule has 0 saturated heterocycles. The first kappa shape index (κ1) is 11.4. The van der Waals surface area contributed by atoms with E-state index < -0.39 is 15.6 Å². The van der Waals surface area contributed by atoms with E-state index in [0.717, 1.165) is 5.57 Å². The van der Waals surface area contributed by atoms with Gasteiger partial charge in [-0.05, 0) is 25.8 Å². The maximum absolute atomic E-state index is 10.6. The van der Waals surface area contributed by atoms with Crippen molar-refractivity contribution in [2.45, 2.75) is 32.6 Å². The highest BCUT2D eigenvalue weighted by atomic mass is 32.2. The number of allylic oxidation sites excluding steroid dienone is 1. The Balaban J connectivity index is 4.31. The van der Waals surface area contributed by atoms with Gasteiger partial charge in [-0.1, -0.05) is 6.92 Å². The van der Waals surface area contributed by atoms with Crippen LogP contribution in [0.2, 0.25) is 0 Å². The average Bonchev–Trinajstić information content (AvgIpc) is 1.85. The van der Waals surface area contributed by atoms with Crippen LogP contribution in [-0.2, 0) is 14.9 Å². The van der Waals surface area contributed by atoms with Crippen LogP contribution in [-0.4, -0.2) is 18.4 Å². The van der Waals surface area contributed by atoms with E-state index in [1.54, 1.807) is 20.8 Å². The van der Waals surface area contributed by atoms with Gasteiger partial charge in [0.1, 0.15) is 0 Å². The molecular weight excluding hydrogens is 180 g/mol. The molecule has 0 radical (unpaired) electrons. The summed E-state index contributed by atoms with van der Waals surface area (Å²) in [5, 5.41) is 0. The van der Waals surface area contributed by atoms with Gasteiger partial charge in [-0.2, -0.15) is 8.42 Å². The van der Waals surface area contributed by atoms with Crippen molar-refractivity contribution in [3.05, 3.63) is 11.8 Å². The van der Waals surface area contributed by atoms with Crippen molar-refractivity contribution in [2.75, 3.05) is 0 Å². The van der Waals surface area contributed by atoms with Gasteiger partial charge in [-0.15, -0.1) is 0 Å². The summed E-state index contributed by atoms with van der Waals surface area (Å²) >= 11 is 0. The van der Waals surface area contributed by atoms with Gasteiger partial charge in [-0.25, -0.2) is 0 Å². The zero-order valence-corrected chi connectivity index (χ0v) is 8.26. The molecule has 72 valence electrons. The molecule has 12 heavy (non-hydrogen) atoms. The minimum absolute atomic E-state index is 0.225. The molecule has 1 N–H and O–H groups in total. The monoisotopic (exact) mass is 194 g/mol. The first-order valence-electron chi connectivity index (χ1n) is 3.63. The molecule has 0 aromatic rings. The van der Waals surface area contributed by atoms with E-state index in [1.165, 1.54) is 6.26 Å². The molecule has 0 aliphatic carbocycles. The van der Waals surface area contributed by atoms with E-state index in [4.69, 9.17) is 9.29 Å². The molecule has 0 aliphatic heterocycles. The van der Waals surface area contributed by atoms with Gasteiger partial charge < -0.3 is 4.74 Å². The fourth-order valence-electron chi connectivity index (χ4n) is 0.589. The molecule has 0 bridgehead atoms. The van der Waals surface area contributed by atoms with E-state index in [1.807, 2.05) is 0 Å². The van der Waals surface area contributed by atoms with Crippen molar-refractivity contribution in [3.8, 4) is 0 Å². The van der Waals surface area contributed by atoms with Crippen LogP contribution in [0.4, 0.5) is 0 Å². The van der Waals surface area contributed by atoms with Crippen LogP contribution in [0.1, 0.15) is 27.2 Å². The summed E-state index contributed by atoms with van der Waals surface area (Å²) in [6.45, 7) is 5.17. The molecule has 0 aliphatic rings. The lowest BCUT2D eigenvalue weighted by Gasteiger charge is -2.10. The van der Waals surface area contributed by atoms with E-state index in [9.17, 15) is 8.42 Å². The predicted octanol–water partition coefficient (Wildman–Crippen LogP) is 1.55. The normalized spacial score (nSPS) is 13.7. The van der Waals surface area contributed by atoms with Crippen molar-refractivity contribution in [1.29, 1.82) is 0 Å². The third kappa shape index (κ3) is 4.35. The van der Waals surface area contributed by atoms with Gasteiger partial charge in [0.25, 0.3) is 0 Å². The van der Waals surface area contributed by atoms with Crippen LogP contribution in [0, 0.1) is 0 Å². The van der Waals surface area contributed by atoms with Crippen molar-refractivity contribution >= 4 is 10.1 Å². The lowest BCUT2D eigenvalue weighted by molar-refractivity contribution is 0.193. The third-order valence-electron chi connectivity index (χ3n) is 1.12. The van der Waals surface area contributed by atoms with Crippen LogP contribution in [0.25, 0.3) is 0 Å². The third-order valence-corrected chi connectivity index (χ3v) is 2.23. The minimum Gasteiger partial charge on any atom is -0.480 e. The highest BCUT2D eigenvalue weighted by Gasteiger charge is 2.20. The first-order chi connectivity index (χ1) is 5.38. The second-order valence-electron chi connectivity index (χ2n) is 2.68. The fraction of sp³-hybridized carbons (Fsp3) is 0.714. The summed E-state index contributed by atoms with van der Waals surface area (Å²) in [4.78, 5) is 0. The standard InChI is InChI=1S/C7H14O4S/c1-4-7(12(8,9)10)11-5-6(2)3/h5,7H,4H2,1-3H3,(H,8,9,10). The van der Waals surface area contributed by atoms with Crippen molar-refractivity contribution < 1.29 is 17.7 Å². The van der Waals surface area contributed by atoms with Crippen LogP contribution in [0.5, 0.6) is 0 Å². The summed E-state index contributed by atoms with van der Waals surface area (Å²) in [5.74, 6) is 0. The molecule has 0 rings (SSSR count). The zero-order valence-electron chi connectivity index (χ0n) is 7.44. The van der Waals surface area contributed by atoms with Crippen LogP contribution in [0.3, 0.4) is 0 Å². The second-order valence-corrected chi connectivity index (χ2v) is 4.24. The summed E-state index contributed by atoms with van der Waals surface area (Å²) < 4.78 is 34.6. The molecule has 0 spiro atoms. The molecule has 0 aromatic heterocycles. The van der Waals surface area contributed by atoms with Crippen LogP contribution in [0.15, 0.2) is 11.8 Å². The molecule has 0 amide bonds. The van der Waals surface area contributed by atoms with E-state index >= 15 is 0 Å². The Morgan fingerprint density at radius 1 is 1.58 bits per heavy atom. The Kier molecular flexibility index (Phi) is 4.26. The molecule has 0 fully saturated rings. The molecule has 1 atom stereocenters. The molecule has 0 heterocycles. The van der Waals surface area contributed by atoms with Gasteiger partial charge in [-0.3, -0.25) is 4.55 Å². The number of rotatable bonds is 4. The quantitative estimate of drug-likeness (QED) is 0.544. The molecular formula is C7H14O4S. The van der Waals surface area contributed by atoms with Gasteiger partial charge in [0, 0.05) is 0 Å². The number of hydrogen-bond acceptors (Lipinski definition) is 3. The van der Waals surface area contributed by atoms with Gasteiger partial charge >= 0.3 is 10.1 Å². The molecule has 0 aromatic carbocycles. The topological polar surface area (TPSA) is 63.6 Å². The largest absolute Gasteiger partial charge is 0.480 e. The Bertz CT molecular complexity index is 249. The van der Waals surface area contributed by atoms with Crippen LogP contribution < -0.4 is 0 Å². The van der Waals surface area contributed by atoms with E-state index in [-0.39, 0.29) is 6.42 Å². The number of ether oxygens (including phenoxy) is 1. The molecule has 0 saturated carbocycles. The highest BCUT2D eigenvalue weighted by molar-refractivity contribution is 7.86. The average molecular weight is 194 g/mol. The molecule has 1 unspecified atom stereocenters. The summed E-state index contributed by atoms with van der Waals surface area (Å²) in [6, 6.07) is 0. The Morgan fingerprint density at radius 2 is 2.08 bits per heavy atom. The van der Waals surface area contributed by atoms with E-state index in [2.05, 4.69) is 0 Å². The Labute approximate surface area is 73.0 Å². The van der Waals surface area contributed by atoms with Crippen LogP contribution >= 0.6 is 0 Å². The van der Waals surface area contributed by atoms with Crippen molar-refractivity contribution in [2.24, 2.45) is 0 Å². The van der Waals surface area contributed by atoms with Crippen molar-refractivity contribution in [1.82, 2.24) is 0 Å². The maximum atomic E-state index is 10.6. The highest BCUT2D eigenvalue weighted by Crippen LogP contribution is 2.07. The summed E-state index contributed by atoms with van der Waals surface area (Å²) in [5.41, 5.74) is -0.301. The van der Waals surface area contributed by atoms with Gasteiger partial charge in [0.15, 0.2) is 0 Å². The van der Waals surface area contributed by atoms with Gasteiger partial charge in [0.2, 0.25) is 5.44 Å². The second kappa shape index (κ2) is 4.47. The lowest BCUT2D eigenvalue weighted by atomic mass is 10.4. The molecule has 4 nitrogen and oxygen atoms in total.